The molecule has 5 rings (SSSR count). The predicted molar refractivity (Wildman–Crippen MR) is 158 cm³/mol. The number of allylic oxidation sites excluding steroid dienone is 1. The maximum atomic E-state index is 13.8. The highest BCUT2D eigenvalue weighted by molar-refractivity contribution is 7.07. The molecule has 42 heavy (non-hydrogen) atoms. The zero-order valence-corrected chi connectivity index (χ0v) is 24.0. The van der Waals surface area contributed by atoms with Crippen molar-refractivity contribution in [2.45, 2.75) is 26.5 Å². The van der Waals surface area contributed by atoms with E-state index in [-0.39, 0.29) is 24.3 Å². The number of ether oxygens (including phenoxy) is 3. The first-order chi connectivity index (χ1) is 20.3. The van der Waals surface area contributed by atoms with Crippen molar-refractivity contribution in [1.82, 2.24) is 4.57 Å². The smallest absolute Gasteiger partial charge is 0.338 e. The van der Waals surface area contributed by atoms with E-state index in [0.717, 1.165) is 11.1 Å². The number of aromatic carboxylic acids is 1. The Morgan fingerprint density at radius 1 is 1.05 bits per heavy atom. The molecule has 1 atom stereocenters. The monoisotopic (exact) mass is 584 g/mol. The van der Waals surface area contributed by atoms with Gasteiger partial charge in [-0.2, -0.15) is 0 Å². The fourth-order valence-electron chi connectivity index (χ4n) is 4.69. The number of benzene rings is 3. The lowest BCUT2D eigenvalue weighted by Gasteiger charge is -2.25. The van der Waals surface area contributed by atoms with E-state index < -0.39 is 18.0 Å². The van der Waals surface area contributed by atoms with Crippen LogP contribution in [0.5, 0.6) is 11.5 Å². The van der Waals surface area contributed by atoms with Gasteiger partial charge in [-0.3, -0.25) is 9.36 Å². The SMILES string of the molecule is CCOC(=O)C1=C(C)N=c2s/c(=C\c3ccc(OCc4cccc(C(=O)O)c4)cc3)c(=O)n2[C@@H]1c1cccc(OC)c1. The summed E-state index contributed by atoms with van der Waals surface area (Å²) in [5.74, 6) is -0.314. The highest BCUT2D eigenvalue weighted by atomic mass is 32.1. The van der Waals surface area contributed by atoms with Crippen molar-refractivity contribution in [3.63, 3.8) is 0 Å². The molecule has 214 valence electrons. The summed E-state index contributed by atoms with van der Waals surface area (Å²) in [5.41, 5.74) is 2.94. The summed E-state index contributed by atoms with van der Waals surface area (Å²) in [4.78, 5) is 43.2. The quantitative estimate of drug-likeness (QED) is 0.295. The third-order valence-electron chi connectivity index (χ3n) is 6.68. The Kier molecular flexibility index (Phi) is 8.35. The van der Waals surface area contributed by atoms with Gasteiger partial charge in [-0.05, 0) is 73.0 Å². The molecule has 1 aliphatic rings. The molecule has 3 aromatic carbocycles. The molecule has 0 fully saturated rings. The van der Waals surface area contributed by atoms with E-state index in [2.05, 4.69) is 4.99 Å². The Hall–Kier alpha value is -4.96. The van der Waals surface area contributed by atoms with Gasteiger partial charge in [0.15, 0.2) is 4.80 Å². The van der Waals surface area contributed by atoms with Crippen LogP contribution in [-0.4, -0.2) is 35.3 Å². The second-order valence-corrected chi connectivity index (χ2v) is 10.5. The zero-order chi connectivity index (χ0) is 29.8. The van der Waals surface area contributed by atoms with Gasteiger partial charge in [0, 0.05) is 0 Å². The molecule has 0 amide bonds. The van der Waals surface area contributed by atoms with Crippen LogP contribution in [0, 0.1) is 0 Å². The third-order valence-corrected chi connectivity index (χ3v) is 7.67. The molecule has 1 aromatic heterocycles. The van der Waals surface area contributed by atoms with E-state index in [1.807, 2.05) is 24.3 Å². The van der Waals surface area contributed by atoms with Gasteiger partial charge in [0.05, 0.1) is 41.1 Å². The molecule has 9 nitrogen and oxygen atoms in total. The van der Waals surface area contributed by atoms with E-state index >= 15 is 0 Å². The van der Waals surface area contributed by atoms with Crippen LogP contribution in [-0.2, 0) is 16.1 Å². The van der Waals surface area contributed by atoms with Gasteiger partial charge in [0.2, 0.25) is 0 Å². The summed E-state index contributed by atoms with van der Waals surface area (Å²) in [6, 6.07) is 20.3. The van der Waals surface area contributed by atoms with Crippen molar-refractivity contribution in [1.29, 1.82) is 0 Å². The maximum Gasteiger partial charge on any atom is 0.338 e. The van der Waals surface area contributed by atoms with Gasteiger partial charge < -0.3 is 19.3 Å². The van der Waals surface area contributed by atoms with Gasteiger partial charge in [-0.25, -0.2) is 14.6 Å². The molecule has 4 aromatic rings. The number of nitrogens with zero attached hydrogens (tertiary/aromatic N) is 2. The summed E-state index contributed by atoms with van der Waals surface area (Å²) in [5, 5.41) is 9.18. The molecule has 0 spiro atoms. The van der Waals surface area contributed by atoms with Gasteiger partial charge in [0.1, 0.15) is 18.1 Å². The van der Waals surface area contributed by atoms with Crippen LogP contribution in [0.25, 0.3) is 6.08 Å². The van der Waals surface area contributed by atoms with Crippen LogP contribution in [0.2, 0.25) is 0 Å². The molecule has 0 saturated carbocycles. The normalized spacial score (nSPS) is 14.6. The fraction of sp³-hybridized carbons (Fsp3) is 0.188. The standard InChI is InChI=1S/C32H28N2O7S/c1-4-40-31(38)27-19(2)33-32-34(28(27)22-8-6-10-25(17-22)39-3)29(35)26(42-32)16-20-11-13-24(14-12-20)41-18-21-7-5-9-23(15-21)30(36)37/h5-17,28H,4,18H2,1-3H3,(H,36,37)/b26-16-/t28-/m1/s1. The summed E-state index contributed by atoms with van der Waals surface area (Å²) >= 11 is 1.24. The molecular formula is C32H28N2O7S. The van der Waals surface area contributed by atoms with E-state index in [1.165, 1.54) is 22.0 Å². The van der Waals surface area contributed by atoms with E-state index in [9.17, 15) is 19.5 Å². The molecule has 2 heterocycles. The second kappa shape index (κ2) is 12.3. The van der Waals surface area contributed by atoms with Crippen molar-refractivity contribution < 1.29 is 28.9 Å². The number of rotatable bonds is 9. The fourth-order valence-corrected chi connectivity index (χ4v) is 5.74. The molecule has 0 radical (unpaired) electrons. The first-order valence-corrected chi connectivity index (χ1v) is 14.0. The average Bonchev–Trinajstić information content (AvgIpc) is 3.30. The highest BCUT2D eigenvalue weighted by Crippen LogP contribution is 2.32. The Morgan fingerprint density at radius 2 is 1.81 bits per heavy atom. The Bertz CT molecular complexity index is 1870. The molecule has 0 aliphatic carbocycles. The van der Waals surface area contributed by atoms with Crippen LogP contribution in [0.1, 0.15) is 46.9 Å². The lowest BCUT2D eigenvalue weighted by atomic mass is 9.95. The number of carboxylic acids is 1. The minimum absolute atomic E-state index is 0.194. The molecule has 0 unspecified atom stereocenters. The lowest BCUT2D eigenvalue weighted by molar-refractivity contribution is -0.139. The van der Waals surface area contributed by atoms with Crippen molar-refractivity contribution in [3.8, 4) is 11.5 Å². The summed E-state index contributed by atoms with van der Waals surface area (Å²) < 4.78 is 18.6. The topological polar surface area (TPSA) is 116 Å². The van der Waals surface area contributed by atoms with Crippen molar-refractivity contribution in [2.24, 2.45) is 4.99 Å². The number of esters is 1. The zero-order valence-electron chi connectivity index (χ0n) is 23.2. The minimum atomic E-state index is -0.992. The Labute approximate surface area is 245 Å². The molecule has 1 N–H and O–H groups in total. The van der Waals surface area contributed by atoms with Gasteiger partial charge in [-0.1, -0.05) is 47.7 Å². The van der Waals surface area contributed by atoms with Crippen LogP contribution in [0.15, 0.2) is 93.9 Å². The summed E-state index contributed by atoms with van der Waals surface area (Å²) in [6.45, 7) is 3.88. The van der Waals surface area contributed by atoms with Crippen molar-refractivity contribution in [2.75, 3.05) is 13.7 Å². The van der Waals surface area contributed by atoms with Crippen LogP contribution >= 0.6 is 11.3 Å². The first-order valence-electron chi connectivity index (χ1n) is 13.2. The van der Waals surface area contributed by atoms with Crippen LogP contribution in [0.4, 0.5) is 0 Å². The maximum absolute atomic E-state index is 13.8. The largest absolute Gasteiger partial charge is 0.497 e. The first kappa shape index (κ1) is 28.6. The third kappa shape index (κ3) is 5.89. The number of hydrogen-bond acceptors (Lipinski definition) is 8. The number of methoxy groups -OCH3 is 1. The van der Waals surface area contributed by atoms with Crippen LogP contribution < -0.4 is 24.4 Å². The summed E-state index contributed by atoms with van der Waals surface area (Å²) in [7, 11) is 1.56. The highest BCUT2D eigenvalue weighted by Gasteiger charge is 2.33. The van der Waals surface area contributed by atoms with Crippen molar-refractivity contribution in [3.05, 3.63) is 126 Å². The number of carbonyl (C=O) groups excluding carboxylic acids is 1. The number of thiazole rings is 1. The number of carboxylic acid groups (broad SMARTS) is 1. The van der Waals surface area contributed by atoms with E-state index in [0.29, 0.717) is 37.7 Å². The molecular weight excluding hydrogens is 556 g/mol. The van der Waals surface area contributed by atoms with Crippen molar-refractivity contribution >= 4 is 29.4 Å². The molecule has 1 aliphatic heterocycles. The lowest BCUT2D eigenvalue weighted by Crippen LogP contribution is -2.39. The molecule has 0 bridgehead atoms. The average molecular weight is 585 g/mol. The summed E-state index contributed by atoms with van der Waals surface area (Å²) in [6.07, 6.45) is 1.77. The minimum Gasteiger partial charge on any atom is -0.497 e. The number of hydrogen-bond donors (Lipinski definition) is 1. The van der Waals surface area contributed by atoms with E-state index in [4.69, 9.17) is 14.2 Å². The number of carbonyl (C=O) groups is 2. The van der Waals surface area contributed by atoms with E-state index in [1.54, 1.807) is 69.5 Å². The van der Waals surface area contributed by atoms with Gasteiger partial charge in [0.25, 0.3) is 5.56 Å². The van der Waals surface area contributed by atoms with Crippen LogP contribution in [0.3, 0.4) is 0 Å². The van der Waals surface area contributed by atoms with Gasteiger partial charge >= 0.3 is 11.9 Å². The predicted octanol–water partition coefficient (Wildman–Crippen LogP) is 4.08. The molecule has 0 saturated heterocycles. The Balaban J connectivity index is 1.47. The number of fused-ring (bicyclic) bond motifs is 1. The Morgan fingerprint density at radius 3 is 2.52 bits per heavy atom. The molecule has 10 heteroatoms. The second-order valence-electron chi connectivity index (χ2n) is 9.44. The number of aromatic nitrogens is 1. The van der Waals surface area contributed by atoms with Gasteiger partial charge in [-0.15, -0.1) is 0 Å².